The summed E-state index contributed by atoms with van der Waals surface area (Å²) in [5, 5.41) is 15.2. The van der Waals surface area contributed by atoms with Crippen molar-refractivity contribution in [3.05, 3.63) is 40.6 Å². The van der Waals surface area contributed by atoms with Crippen LogP contribution in [0.4, 0.5) is 5.69 Å². The van der Waals surface area contributed by atoms with E-state index in [0.717, 1.165) is 5.56 Å². The number of nitrogens with one attached hydrogen (secondary N) is 2. The van der Waals surface area contributed by atoms with E-state index in [0.29, 0.717) is 23.2 Å². The van der Waals surface area contributed by atoms with Gasteiger partial charge in [0.2, 0.25) is 0 Å². The van der Waals surface area contributed by atoms with E-state index >= 15 is 0 Å². The van der Waals surface area contributed by atoms with E-state index in [4.69, 9.17) is 16.9 Å². The highest BCUT2D eigenvalue weighted by atomic mass is 35.5. The van der Waals surface area contributed by atoms with Crippen molar-refractivity contribution < 1.29 is 4.79 Å². The molecule has 0 bridgehead atoms. The smallest absolute Gasteiger partial charge is 0.267 e. The molecule has 0 radical (unpaired) electrons. The zero-order valence-electron chi connectivity index (χ0n) is 11.8. The maximum absolute atomic E-state index is 12.0. The molecule has 0 aliphatic rings. The summed E-state index contributed by atoms with van der Waals surface area (Å²) in [6.07, 6.45) is 1.44. The van der Waals surface area contributed by atoms with Crippen LogP contribution in [0.5, 0.6) is 0 Å². The first kappa shape index (κ1) is 16.1. The molecule has 0 spiro atoms. The molecule has 106 valence electrons. The predicted octanol–water partition coefficient (Wildman–Crippen LogP) is 3.24. The maximum atomic E-state index is 12.0. The fourth-order valence-corrected chi connectivity index (χ4v) is 1.64. The van der Waals surface area contributed by atoms with Gasteiger partial charge in [0.25, 0.3) is 5.91 Å². The van der Waals surface area contributed by atoms with Crippen LogP contribution in [0.2, 0.25) is 5.02 Å². The largest absolute Gasteiger partial charge is 0.389 e. The van der Waals surface area contributed by atoms with Crippen LogP contribution < -0.4 is 10.6 Å². The lowest BCUT2D eigenvalue weighted by Crippen LogP contribution is -2.19. The summed E-state index contributed by atoms with van der Waals surface area (Å²) in [6.45, 7) is 6.65. The molecule has 20 heavy (non-hydrogen) atoms. The van der Waals surface area contributed by atoms with Crippen molar-refractivity contribution in [3.63, 3.8) is 0 Å². The molecule has 0 aliphatic carbocycles. The highest BCUT2D eigenvalue weighted by Crippen LogP contribution is 2.20. The molecule has 1 aromatic rings. The Hall–Kier alpha value is -1.99. The Bertz CT molecular complexity index is 559. The van der Waals surface area contributed by atoms with Gasteiger partial charge < -0.3 is 10.6 Å². The summed E-state index contributed by atoms with van der Waals surface area (Å²) in [7, 11) is 0. The first-order valence-electron chi connectivity index (χ1n) is 6.35. The highest BCUT2D eigenvalue weighted by molar-refractivity contribution is 6.31. The number of carbonyl (C=O) groups is 1. The number of aryl methyl sites for hydroxylation is 1. The van der Waals surface area contributed by atoms with E-state index in [-0.39, 0.29) is 5.57 Å². The second-order valence-electron chi connectivity index (χ2n) is 4.89. The third kappa shape index (κ3) is 4.94. The molecule has 0 heterocycles. The lowest BCUT2D eigenvalue weighted by atomic mass is 10.2. The van der Waals surface area contributed by atoms with Crippen molar-refractivity contribution in [2.24, 2.45) is 5.92 Å². The Kier molecular flexibility index (Phi) is 6.08. The molecule has 2 N–H and O–H groups in total. The van der Waals surface area contributed by atoms with Crippen molar-refractivity contribution >= 4 is 23.2 Å². The molecule has 0 aromatic heterocycles. The van der Waals surface area contributed by atoms with Crippen LogP contribution in [0.1, 0.15) is 19.4 Å². The molecule has 0 aliphatic heterocycles. The van der Waals surface area contributed by atoms with Crippen LogP contribution in [0.3, 0.4) is 0 Å². The summed E-state index contributed by atoms with van der Waals surface area (Å²) < 4.78 is 0. The zero-order valence-corrected chi connectivity index (χ0v) is 12.6. The molecule has 0 unspecified atom stereocenters. The molecule has 0 saturated carbocycles. The Labute approximate surface area is 124 Å². The fourth-order valence-electron chi connectivity index (χ4n) is 1.46. The quantitative estimate of drug-likeness (QED) is 0.646. The van der Waals surface area contributed by atoms with Gasteiger partial charge in [-0.1, -0.05) is 31.5 Å². The minimum atomic E-state index is -0.450. The fraction of sp³-hybridized carbons (Fsp3) is 0.333. The van der Waals surface area contributed by atoms with Crippen molar-refractivity contribution in [2.45, 2.75) is 20.8 Å². The van der Waals surface area contributed by atoms with Gasteiger partial charge in [0.1, 0.15) is 11.6 Å². The standard InChI is InChI=1S/C15H18ClN3O/c1-10(2)8-18-9-12(7-17)15(20)19-14-6-13(16)5-4-11(14)3/h4-6,9-10,18H,8H2,1-3H3,(H,19,20)/b12-9-. The Morgan fingerprint density at radius 2 is 2.20 bits per heavy atom. The van der Waals surface area contributed by atoms with E-state index < -0.39 is 5.91 Å². The number of halogens is 1. The van der Waals surface area contributed by atoms with Gasteiger partial charge in [-0.05, 0) is 30.5 Å². The van der Waals surface area contributed by atoms with Crippen LogP contribution in [-0.4, -0.2) is 12.5 Å². The number of benzene rings is 1. The van der Waals surface area contributed by atoms with E-state index in [1.807, 2.05) is 32.9 Å². The summed E-state index contributed by atoms with van der Waals surface area (Å²) in [6, 6.07) is 7.10. The van der Waals surface area contributed by atoms with Crippen molar-refractivity contribution in [2.75, 3.05) is 11.9 Å². The van der Waals surface area contributed by atoms with E-state index in [2.05, 4.69) is 10.6 Å². The van der Waals surface area contributed by atoms with Crippen LogP contribution in [0.15, 0.2) is 30.0 Å². The van der Waals surface area contributed by atoms with E-state index in [1.54, 1.807) is 12.1 Å². The van der Waals surface area contributed by atoms with Gasteiger partial charge in [-0.25, -0.2) is 0 Å². The van der Waals surface area contributed by atoms with Crippen molar-refractivity contribution in [1.29, 1.82) is 5.26 Å². The van der Waals surface area contributed by atoms with Crippen LogP contribution in [0, 0.1) is 24.2 Å². The summed E-state index contributed by atoms with van der Waals surface area (Å²) in [4.78, 5) is 12.0. The first-order chi connectivity index (χ1) is 9.43. The zero-order chi connectivity index (χ0) is 15.1. The maximum Gasteiger partial charge on any atom is 0.267 e. The van der Waals surface area contributed by atoms with Gasteiger partial charge >= 0.3 is 0 Å². The van der Waals surface area contributed by atoms with Crippen molar-refractivity contribution in [1.82, 2.24) is 5.32 Å². The Morgan fingerprint density at radius 3 is 2.80 bits per heavy atom. The molecule has 1 amide bonds. The number of hydrogen-bond donors (Lipinski definition) is 2. The highest BCUT2D eigenvalue weighted by Gasteiger charge is 2.10. The Morgan fingerprint density at radius 1 is 1.50 bits per heavy atom. The second-order valence-corrected chi connectivity index (χ2v) is 5.32. The number of carbonyl (C=O) groups excluding carboxylic acids is 1. The molecule has 0 atom stereocenters. The number of hydrogen-bond acceptors (Lipinski definition) is 3. The van der Waals surface area contributed by atoms with E-state index in [9.17, 15) is 4.79 Å². The molecule has 5 heteroatoms. The Balaban J connectivity index is 2.78. The third-order valence-electron chi connectivity index (χ3n) is 2.59. The topological polar surface area (TPSA) is 64.9 Å². The molecule has 1 rings (SSSR count). The van der Waals surface area contributed by atoms with Crippen LogP contribution in [0.25, 0.3) is 0 Å². The minimum Gasteiger partial charge on any atom is -0.389 e. The summed E-state index contributed by atoms with van der Waals surface area (Å²) in [5.41, 5.74) is 1.52. The molecule has 1 aromatic carbocycles. The SMILES string of the molecule is Cc1ccc(Cl)cc1NC(=O)/C(C#N)=C\NCC(C)C. The molecular formula is C15H18ClN3O. The van der Waals surface area contributed by atoms with Crippen molar-refractivity contribution in [3.8, 4) is 6.07 Å². The monoisotopic (exact) mass is 291 g/mol. The second kappa shape index (κ2) is 7.56. The molecule has 4 nitrogen and oxygen atoms in total. The normalized spacial score (nSPS) is 11.1. The van der Waals surface area contributed by atoms with Gasteiger partial charge in [0.15, 0.2) is 0 Å². The number of nitrogens with zero attached hydrogens (tertiary/aromatic N) is 1. The van der Waals surface area contributed by atoms with Gasteiger partial charge in [0, 0.05) is 23.5 Å². The summed E-state index contributed by atoms with van der Waals surface area (Å²) in [5.74, 6) is -0.0152. The number of amides is 1. The predicted molar refractivity (Wildman–Crippen MR) is 81.4 cm³/mol. The van der Waals surface area contributed by atoms with Gasteiger partial charge in [-0.3, -0.25) is 4.79 Å². The van der Waals surface area contributed by atoms with E-state index in [1.165, 1.54) is 6.20 Å². The molecule has 0 fully saturated rings. The van der Waals surface area contributed by atoms with Crippen LogP contribution in [-0.2, 0) is 4.79 Å². The minimum absolute atomic E-state index is 0.0324. The average molecular weight is 292 g/mol. The lowest BCUT2D eigenvalue weighted by molar-refractivity contribution is -0.112. The van der Waals surface area contributed by atoms with Gasteiger partial charge in [0.05, 0.1) is 0 Å². The average Bonchev–Trinajstić information content (AvgIpc) is 2.38. The third-order valence-corrected chi connectivity index (χ3v) is 2.82. The van der Waals surface area contributed by atoms with Gasteiger partial charge in [-0.15, -0.1) is 0 Å². The summed E-state index contributed by atoms with van der Waals surface area (Å²) >= 11 is 5.89. The number of rotatable bonds is 5. The number of nitriles is 1. The molecular weight excluding hydrogens is 274 g/mol. The van der Waals surface area contributed by atoms with Gasteiger partial charge in [-0.2, -0.15) is 5.26 Å². The molecule has 0 saturated heterocycles. The lowest BCUT2D eigenvalue weighted by Gasteiger charge is -2.09. The number of anilines is 1. The van der Waals surface area contributed by atoms with Crippen LogP contribution >= 0.6 is 11.6 Å². The first-order valence-corrected chi connectivity index (χ1v) is 6.73.